The monoisotopic (exact) mass is 164 g/mol. The van der Waals surface area contributed by atoms with Gasteiger partial charge < -0.3 is 0 Å². The van der Waals surface area contributed by atoms with Crippen LogP contribution in [-0.2, 0) is 0 Å². The molecule has 2 aromatic rings. The summed E-state index contributed by atoms with van der Waals surface area (Å²) in [6.45, 7) is 4.07. The van der Waals surface area contributed by atoms with Crippen molar-refractivity contribution in [1.29, 1.82) is 0 Å². The topological polar surface area (TPSA) is 25.8 Å². The minimum Gasteiger partial charge on any atom is -0.243 e. The SMILES string of the molecule is Cc1cc(C)c2ncsc2n1. The highest BCUT2D eigenvalue weighted by atomic mass is 32.1. The van der Waals surface area contributed by atoms with Crippen molar-refractivity contribution in [3.8, 4) is 0 Å². The number of hydrogen-bond donors (Lipinski definition) is 0. The highest BCUT2D eigenvalue weighted by Crippen LogP contribution is 2.18. The van der Waals surface area contributed by atoms with Gasteiger partial charge in [-0.1, -0.05) is 0 Å². The molecule has 0 saturated carbocycles. The molecule has 0 fully saturated rings. The molecule has 2 heterocycles. The molecular weight excluding hydrogens is 156 g/mol. The van der Waals surface area contributed by atoms with Gasteiger partial charge in [-0.25, -0.2) is 9.97 Å². The summed E-state index contributed by atoms with van der Waals surface area (Å²) in [6.07, 6.45) is 0. The van der Waals surface area contributed by atoms with E-state index in [9.17, 15) is 0 Å². The van der Waals surface area contributed by atoms with Crippen LogP contribution in [0.15, 0.2) is 11.6 Å². The van der Waals surface area contributed by atoms with Gasteiger partial charge in [0, 0.05) is 5.69 Å². The van der Waals surface area contributed by atoms with Gasteiger partial charge in [-0.15, -0.1) is 11.3 Å². The molecule has 0 aromatic carbocycles. The summed E-state index contributed by atoms with van der Waals surface area (Å²) >= 11 is 1.59. The largest absolute Gasteiger partial charge is 0.243 e. The van der Waals surface area contributed by atoms with E-state index < -0.39 is 0 Å². The zero-order valence-corrected chi connectivity index (χ0v) is 7.27. The lowest BCUT2D eigenvalue weighted by molar-refractivity contribution is 1.24. The Labute approximate surface area is 68.9 Å². The third kappa shape index (κ3) is 1.01. The van der Waals surface area contributed by atoms with Crippen molar-refractivity contribution in [1.82, 2.24) is 9.97 Å². The summed E-state index contributed by atoms with van der Waals surface area (Å²) in [7, 11) is 0. The van der Waals surface area contributed by atoms with Crippen LogP contribution in [0.1, 0.15) is 11.3 Å². The van der Waals surface area contributed by atoms with Gasteiger partial charge in [0.05, 0.1) is 5.51 Å². The molecular formula is C8H8N2S. The van der Waals surface area contributed by atoms with Gasteiger partial charge in [-0.2, -0.15) is 0 Å². The minimum absolute atomic E-state index is 1.04. The average Bonchev–Trinajstić information content (AvgIpc) is 2.34. The van der Waals surface area contributed by atoms with E-state index in [0.29, 0.717) is 0 Å². The number of pyridine rings is 1. The lowest BCUT2D eigenvalue weighted by Crippen LogP contribution is -1.83. The van der Waals surface area contributed by atoms with Gasteiger partial charge in [-0.3, -0.25) is 0 Å². The average molecular weight is 164 g/mol. The van der Waals surface area contributed by atoms with Crippen molar-refractivity contribution in [2.24, 2.45) is 0 Å². The summed E-state index contributed by atoms with van der Waals surface area (Å²) in [5.74, 6) is 0. The van der Waals surface area contributed by atoms with Crippen molar-refractivity contribution in [3.63, 3.8) is 0 Å². The van der Waals surface area contributed by atoms with Crippen molar-refractivity contribution in [3.05, 3.63) is 22.8 Å². The molecule has 0 radical (unpaired) electrons. The maximum Gasteiger partial charge on any atom is 0.143 e. The number of thiazole rings is 1. The van der Waals surface area contributed by atoms with Crippen molar-refractivity contribution >= 4 is 21.7 Å². The first-order chi connectivity index (χ1) is 5.27. The summed E-state index contributed by atoms with van der Waals surface area (Å²) in [5, 5.41) is 0. The Bertz CT molecular complexity index is 392. The smallest absolute Gasteiger partial charge is 0.143 e. The number of rotatable bonds is 0. The second-order valence-electron chi connectivity index (χ2n) is 2.59. The van der Waals surface area contributed by atoms with Crippen LogP contribution in [0.25, 0.3) is 10.3 Å². The van der Waals surface area contributed by atoms with Gasteiger partial charge >= 0.3 is 0 Å². The molecule has 11 heavy (non-hydrogen) atoms. The molecule has 0 N–H and O–H groups in total. The van der Waals surface area contributed by atoms with Crippen LogP contribution >= 0.6 is 11.3 Å². The number of hydrogen-bond acceptors (Lipinski definition) is 3. The van der Waals surface area contributed by atoms with Crippen LogP contribution in [0, 0.1) is 13.8 Å². The molecule has 56 valence electrons. The van der Waals surface area contributed by atoms with Crippen LogP contribution in [-0.4, -0.2) is 9.97 Å². The van der Waals surface area contributed by atoms with E-state index in [1.165, 1.54) is 5.56 Å². The Morgan fingerprint density at radius 3 is 3.00 bits per heavy atom. The van der Waals surface area contributed by atoms with Gasteiger partial charge in [0.2, 0.25) is 0 Å². The Morgan fingerprint density at radius 1 is 1.36 bits per heavy atom. The summed E-state index contributed by atoms with van der Waals surface area (Å²) in [4.78, 5) is 9.61. The second kappa shape index (κ2) is 2.27. The Hall–Kier alpha value is -0.960. The van der Waals surface area contributed by atoms with Crippen LogP contribution < -0.4 is 0 Å². The number of nitrogens with zero attached hydrogens (tertiary/aromatic N) is 2. The van der Waals surface area contributed by atoms with Crippen LogP contribution in [0.5, 0.6) is 0 Å². The summed E-state index contributed by atoms with van der Waals surface area (Å²) < 4.78 is 0. The first-order valence-corrected chi connectivity index (χ1v) is 4.33. The van der Waals surface area contributed by atoms with E-state index in [-0.39, 0.29) is 0 Å². The van der Waals surface area contributed by atoms with Crippen molar-refractivity contribution in [2.45, 2.75) is 13.8 Å². The molecule has 0 aliphatic rings. The fraction of sp³-hybridized carbons (Fsp3) is 0.250. The third-order valence-electron chi connectivity index (χ3n) is 1.63. The predicted molar refractivity (Wildman–Crippen MR) is 46.9 cm³/mol. The van der Waals surface area contributed by atoms with Crippen molar-refractivity contribution < 1.29 is 0 Å². The van der Waals surface area contributed by atoms with Gasteiger partial charge in [0.15, 0.2) is 0 Å². The normalized spacial score (nSPS) is 10.7. The minimum atomic E-state index is 1.04. The fourth-order valence-corrected chi connectivity index (χ4v) is 1.94. The highest BCUT2D eigenvalue weighted by molar-refractivity contribution is 7.16. The molecule has 0 unspecified atom stereocenters. The van der Waals surface area contributed by atoms with Gasteiger partial charge in [0.25, 0.3) is 0 Å². The Morgan fingerprint density at radius 2 is 2.18 bits per heavy atom. The van der Waals surface area contributed by atoms with Crippen LogP contribution in [0.3, 0.4) is 0 Å². The molecule has 2 aromatic heterocycles. The summed E-state index contributed by atoms with van der Waals surface area (Å²) in [6, 6.07) is 2.06. The predicted octanol–water partition coefficient (Wildman–Crippen LogP) is 2.31. The van der Waals surface area contributed by atoms with E-state index in [0.717, 1.165) is 16.0 Å². The number of aromatic nitrogens is 2. The number of fused-ring (bicyclic) bond motifs is 1. The van der Waals surface area contributed by atoms with Gasteiger partial charge in [0.1, 0.15) is 10.3 Å². The lowest BCUT2D eigenvalue weighted by atomic mass is 10.2. The molecule has 2 rings (SSSR count). The first kappa shape index (κ1) is 6.73. The Kier molecular flexibility index (Phi) is 1.39. The lowest BCUT2D eigenvalue weighted by Gasteiger charge is -1.94. The second-order valence-corrected chi connectivity index (χ2v) is 3.42. The van der Waals surface area contributed by atoms with Crippen LogP contribution in [0.2, 0.25) is 0 Å². The molecule has 0 amide bonds. The van der Waals surface area contributed by atoms with E-state index in [2.05, 4.69) is 23.0 Å². The maximum atomic E-state index is 4.35. The maximum absolute atomic E-state index is 4.35. The zero-order valence-electron chi connectivity index (χ0n) is 6.46. The molecule has 0 aliphatic heterocycles. The Balaban J connectivity index is 2.91. The van der Waals surface area contributed by atoms with Gasteiger partial charge in [-0.05, 0) is 25.5 Å². The standard InChI is InChI=1S/C8H8N2S/c1-5-3-6(2)10-8-7(5)9-4-11-8/h3-4H,1-2H3. The quantitative estimate of drug-likeness (QED) is 0.597. The van der Waals surface area contributed by atoms with Crippen molar-refractivity contribution in [2.75, 3.05) is 0 Å². The third-order valence-corrected chi connectivity index (χ3v) is 2.34. The highest BCUT2D eigenvalue weighted by Gasteiger charge is 2.01. The van der Waals surface area contributed by atoms with E-state index in [4.69, 9.17) is 0 Å². The molecule has 3 heteroatoms. The van der Waals surface area contributed by atoms with E-state index in [1.54, 1.807) is 11.3 Å². The zero-order chi connectivity index (χ0) is 7.84. The molecule has 0 spiro atoms. The fourth-order valence-electron chi connectivity index (χ4n) is 1.16. The van der Waals surface area contributed by atoms with E-state index >= 15 is 0 Å². The molecule has 2 nitrogen and oxygen atoms in total. The summed E-state index contributed by atoms with van der Waals surface area (Å²) in [5.41, 5.74) is 5.16. The number of aryl methyl sites for hydroxylation is 2. The molecule has 0 bridgehead atoms. The molecule has 0 saturated heterocycles. The van der Waals surface area contributed by atoms with E-state index in [1.807, 2.05) is 12.4 Å². The molecule has 0 aliphatic carbocycles. The molecule has 0 atom stereocenters. The first-order valence-electron chi connectivity index (χ1n) is 3.45. The van der Waals surface area contributed by atoms with Crippen LogP contribution in [0.4, 0.5) is 0 Å².